The van der Waals surface area contributed by atoms with Crippen molar-refractivity contribution in [2.45, 2.75) is 19.4 Å². The molecule has 0 radical (unpaired) electrons. The van der Waals surface area contributed by atoms with Gasteiger partial charge in [0.25, 0.3) is 0 Å². The third-order valence-electron chi connectivity index (χ3n) is 3.45. The number of benzene rings is 2. The molecule has 5 nitrogen and oxygen atoms in total. The normalized spacial score (nSPS) is 11.6. The first-order valence-electron chi connectivity index (χ1n) is 7.44. The van der Waals surface area contributed by atoms with Crippen LogP contribution in [-0.2, 0) is 0 Å². The minimum absolute atomic E-state index is 0.0281. The fourth-order valence-corrected chi connectivity index (χ4v) is 2.28. The Morgan fingerprint density at radius 3 is 2.48 bits per heavy atom. The maximum Gasteiger partial charge on any atom is 0.319 e. The zero-order valence-corrected chi connectivity index (χ0v) is 13.0. The summed E-state index contributed by atoms with van der Waals surface area (Å²) in [6, 6.07) is 15.6. The summed E-state index contributed by atoms with van der Waals surface area (Å²) in [6.07, 6.45) is 0.422. The quantitative estimate of drug-likeness (QED) is 0.717. The molecule has 2 amide bonds. The number of hydrogen-bond acceptors (Lipinski definition) is 3. The maximum atomic E-state index is 12.2. The lowest BCUT2D eigenvalue weighted by Crippen LogP contribution is -2.33. The van der Waals surface area contributed by atoms with E-state index in [4.69, 9.17) is 0 Å². The number of carbonyl (C=O) groups is 2. The van der Waals surface area contributed by atoms with Crippen molar-refractivity contribution in [2.24, 2.45) is 0 Å². The molecule has 0 fully saturated rings. The molecule has 23 heavy (non-hydrogen) atoms. The van der Waals surface area contributed by atoms with E-state index in [2.05, 4.69) is 10.6 Å². The highest BCUT2D eigenvalue weighted by Crippen LogP contribution is 2.17. The predicted octanol–water partition coefficient (Wildman–Crippen LogP) is 3.13. The minimum Gasteiger partial charge on any atom is -0.396 e. The van der Waals surface area contributed by atoms with E-state index in [1.165, 1.54) is 6.92 Å². The monoisotopic (exact) mass is 312 g/mol. The Morgan fingerprint density at radius 1 is 1.09 bits per heavy atom. The van der Waals surface area contributed by atoms with Gasteiger partial charge in [0.2, 0.25) is 0 Å². The topological polar surface area (TPSA) is 78.4 Å². The van der Waals surface area contributed by atoms with Crippen LogP contribution in [0.3, 0.4) is 0 Å². The van der Waals surface area contributed by atoms with Crippen molar-refractivity contribution < 1.29 is 14.7 Å². The van der Waals surface area contributed by atoms with Crippen LogP contribution < -0.4 is 10.6 Å². The molecule has 0 aromatic heterocycles. The van der Waals surface area contributed by atoms with Crippen LogP contribution in [0.1, 0.15) is 35.3 Å². The number of ketones is 1. The largest absolute Gasteiger partial charge is 0.396 e. The van der Waals surface area contributed by atoms with Gasteiger partial charge in [-0.1, -0.05) is 42.5 Å². The summed E-state index contributed by atoms with van der Waals surface area (Å²) in [5.41, 5.74) is 2.01. The Bertz CT molecular complexity index is 671. The number of nitrogens with one attached hydrogen (secondary N) is 2. The van der Waals surface area contributed by atoms with Crippen LogP contribution in [0.4, 0.5) is 10.5 Å². The summed E-state index contributed by atoms with van der Waals surface area (Å²) in [4.78, 5) is 23.5. The molecule has 120 valence electrons. The lowest BCUT2D eigenvalue weighted by atomic mass is 10.0. The number of amides is 2. The van der Waals surface area contributed by atoms with E-state index in [9.17, 15) is 14.7 Å². The van der Waals surface area contributed by atoms with E-state index in [1.54, 1.807) is 24.3 Å². The SMILES string of the molecule is CC(=O)c1cccc(NC(=O)N[C@H](CCO)c2ccccc2)c1. The molecule has 0 aliphatic carbocycles. The van der Waals surface area contributed by atoms with E-state index >= 15 is 0 Å². The van der Waals surface area contributed by atoms with Crippen molar-refractivity contribution in [3.8, 4) is 0 Å². The smallest absolute Gasteiger partial charge is 0.319 e. The zero-order valence-electron chi connectivity index (χ0n) is 13.0. The summed E-state index contributed by atoms with van der Waals surface area (Å²) in [6.45, 7) is 1.45. The fraction of sp³-hybridized carbons (Fsp3) is 0.222. The average Bonchev–Trinajstić information content (AvgIpc) is 2.55. The van der Waals surface area contributed by atoms with Crippen LogP contribution in [0.2, 0.25) is 0 Å². The zero-order chi connectivity index (χ0) is 16.7. The molecule has 0 bridgehead atoms. The second kappa shape index (κ2) is 8.10. The van der Waals surface area contributed by atoms with Gasteiger partial charge < -0.3 is 15.7 Å². The van der Waals surface area contributed by atoms with Crippen molar-refractivity contribution in [2.75, 3.05) is 11.9 Å². The van der Waals surface area contributed by atoms with E-state index in [-0.39, 0.29) is 24.5 Å². The molecule has 2 rings (SSSR count). The summed E-state index contributed by atoms with van der Waals surface area (Å²) in [5, 5.41) is 14.7. The summed E-state index contributed by atoms with van der Waals surface area (Å²) >= 11 is 0. The Hall–Kier alpha value is -2.66. The molecule has 0 saturated heterocycles. The van der Waals surface area contributed by atoms with Gasteiger partial charge in [-0.05, 0) is 31.0 Å². The maximum absolute atomic E-state index is 12.2. The Balaban J connectivity index is 2.05. The fourth-order valence-electron chi connectivity index (χ4n) is 2.28. The molecule has 3 N–H and O–H groups in total. The Labute approximate surface area is 135 Å². The van der Waals surface area contributed by atoms with Crippen molar-refractivity contribution in [3.63, 3.8) is 0 Å². The van der Waals surface area contributed by atoms with E-state index in [1.807, 2.05) is 30.3 Å². The molecule has 0 unspecified atom stereocenters. The molecule has 5 heteroatoms. The molecular formula is C18H20N2O3. The van der Waals surface area contributed by atoms with Gasteiger partial charge in [0, 0.05) is 17.9 Å². The minimum atomic E-state index is -0.381. The highest BCUT2D eigenvalue weighted by atomic mass is 16.3. The summed E-state index contributed by atoms with van der Waals surface area (Å²) in [5.74, 6) is -0.0588. The lowest BCUT2D eigenvalue weighted by Gasteiger charge is -2.18. The van der Waals surface area contributed by atoms with Crippen molar-refractivity contribution in [1.82, 2.24) is 5.32 Å². The lowest BCUT2D eigenvalue weighted by molar-refractivity contribution is 0.101. The number of aliphatic hydroxyl groups excluding tert-OH is 1. The molecule has 0 aliphatic rings. The number of carbonyl (C=O) groups excluding carboxylic acids is 2. The summed E-state index contributed by atoms with van der Waals surface area (Å²) in [7, 11) is 0. The van der Waals surface area contributed by atoms with Crippen LogP contribution in [-0.4, -0.2) is 23.5 Å². The van der Waals surface area contributed by atoms with Gasteiger partial charge in [-0.25, -0.2) is 4.79 Å². The van der Waals surface area contributed by atoms with Crippen molar-refractivity contribution in [3.05, 3.63) is 65.7 Å². The number of anilines is 1. The number of urea groups is 1. The van der Waals surface area contributed by atoms with E-state index < -0.39 is 0 Å². The highest BCUT2D eigenvalue weighted by Gasteiger charge is 2.14. The van der Waals surface area contributed by atoms with Crippen molar-refractivity contribution >= 4 is 17.5 Å². The van der Waals surface area contributed by atoms with Gasteiger partial charge in [0.15, 0.2) is 5.78 Å². The first kappa shape index (κ1) is 16.7. The second-order valence-electron chi connectivity index (χ2n) is 5.21. The molecule has 0 aliphatic heterocycles. The molecule has 2 aromatic carbocycles. The number of Topliss-reactive ketones (excluding diaryl/α,β-unsaturated/α-hetero) is 1. The predicted molar refractivity (Wildman–Crippen MR) is 89.5 cm³/mol. The van der Waals surface area contributed by atoms with Crippen LogP contribution >= 0.6 is 0 Å². The van der Waals surface area contributed by atoms with Crippen LogP contribution in [0.25, 0.3) is 0 Å². The molecule has 0 heterocycles. The number of rotatable bonds is 6. The first-order valence-corrected chi connectivity index (χ1v) is 7.44. The van der Waals surface area contributed by atoms with Crippen molar-refractivity contribution in [1.29, 1.82) is 0 Å². The first-order chi connectivity index (χ1) is 11.1. The molecule has 0 saturated carbocycles. The standard InChI is InChI=1S/C18H20N2O3/c1-13(22)15-8-5-9-16(12-15)19-18(23)20-17(10-11-21)14-6-3-2-4-7-14/h2-9,12,17,21H,10-11H2,1H3,(H2,19,20,23)/t17-/m1/s1. The highest BCUT2D eigenvalue weighted by molar-refractivity contribution is 5.96. The van der Waals surface area contributed by atoms with Gasteiger partial charge in [-0.3, -0.25) is 4.79 Å². The molecular weight excluding hydrogens is 292 g/mol. The molecule has 0 spiro atoms. The Morgan fingerprint density at radius 2 is 1.83 bits per heavy atom. The van der Waals surface area contributed by atoms with E-state index in [0.29, 0.717) is 17.7 Å². The third kappa shape index (κ3) is 4.93. The average molecular weight is 312 g/mol. The summed E-state index contributed by atoms with van der Waals surface area (Å²) < 4.78 is 0. The third-order valence-corrected chi connectivity index (χ3v) is 3.45. The Kier molecular flexibility index (Phi) is 5.88. The van der Waals surface area contributed by atoms with Gasteiger partial charge in [0.05, 0.1) is 6.04 Å². The van der Waals surface area contributed by atoms with E-state index in [0.717, 1.165) is 5.56 Å². The van der Waals surface area contributed by atoms with Gasteiger partial charge in [-0.2, -0.15) is 0 Å². The van der Waals surface area contributed by atoms with Gasteiger partial charge in [-0.15, -0.1) is 0 Å². The molecule has 1 atom stereocenters. The van der Waals surface area contributed by atoms with Gasteiger partial charge >= 0.3 is 6.03 Å². The second-order valence-corrected chi connectivity index (χ2v) is 5.21. The van der Waals surface area contributed by atoms with Gasteiger partial charge in [0.1, 0.15) is 0 Å². The number of aliphatic hydroxyl groups is 1. The number of hydrogen-bond donors (Lipinski definition) is 3. The van der Waals surface area contributed by atoms with Crippen LogP contribution in [0.5, 0.6) is 0 Å². The molecule has 2 aromatic rings. The van der Waals surface area contributed by atoms with Crippen LogP contribution in [0, 0.1) is 0 Å². The van der Waals surface area contributed by atoms with Crippen LogP contribution in [0.15, 0.2) is 54.6 Å².